The summed E-state index contributed by atoms with van der Waals surface area (Å²) in [5, 5.41) is 15.4. The number of nitrogens with one attached hydrogen (secondary N) is 1. The third kappa shape index (κ3) is 4.81. The Bertz CT molecular complexity index is 646. The van der Waals surface area contributed by atoms with Gasteiger partial charge in [0, 0.05) is 13.0 Å². The Morgan fingerprint density at radius 1 is 1.43 bits per heavy atom. The van der Waals surface area contributed by atoms with Gasteiger partial charge in [0.05, 0.1) is 37.3 Å². The first-order chi connectivity index (χ1) is 11.1. The summed E-state index contributed by atoms with van der Waals surface area (Å²) < 4.78 is 4.49. The Labute approximate surface area is 133 Å². The van der Waals surface area contributed by atoms with Crippen molar-refractivity contribution in [2.45, 2.75) is 25.4 Å². The molecule has 0 radical (unpaired) electrons. The van der Waals surface area contributed by atoms with Crippen molar-refractivity contribution in [3.05, 3.63) is 35.4 Å². The smallest absolute Gasteiger partial charge is 0.307 e. The lowest BCUT2D eigenvalue weighted by Gasteiger charge is -2.08. The molecule has 1 amide bonds. The summed E-state index contributed by atoms with van der Waals surface area (Å²) >= 11 is 0. The van der Waals surface area contributed by atoms with Crippen molar-refractivity contribution in [2.24, 2.45) is 5.16 Å². The molecule has 0 aliphatic carbocycles. The Kier molecular flexibility index (Phi) is 5.69. The number of hydrogen-bond donors (Lipinski definition) is 1. The van der Waals surface area contributed by atoms with Gasteiger partial charge in [-0.3, -0.25) is 9.59 Å². The molecule has 0 saturated carbocycles. The molecule has 120 valence electrons. The fraction of sp³-hybridized carbons (Fsp3) is 0.375. The van der Waals surface area contributed by atoms with E-state index in [0.717, 1.165) is 11.3 Å². The van der Waals surface area contributed by atoms with E-state index in [9.17, 15) is 9.59 Å². The van der Waals surface area contributed by atoms with Gasteiger partial charge in [0.25, 0.3) is 0 Å². The minimum atomic E-state index is -0.367. The van der Waals surface area contributed by atoms with E-state index in [1.54, 1.807) is 24.3 Å². The van der Waals surface area contributed by atoms with Gasteiger partial charge in [0.2, 0.25) is 5.91 Å². The zero-order valence-corrected chi connectivity index (χ0v) is 12.7. The van der Waals surface area contributed by atoms with E-state index in [0.29, 0.717) is 12.0 Å². The van der Waals surface area contributed by atoms with Gasteiger partial charge in [-0.25, -0.2) is 0 Å². The van der Waals surface area contributed by atoms with E-state index in [4.69, 9.17) is 10.1 Å². The van der Waals surface area contributed by atoms with Gasteiger partial charge in [-0.15, -0.1) is 0 Å². The molecule has 1 heterocycles. The summed E-state index contributed by atoms with van der Waals surface area (Å²) in [6, 6.07) is 9.09. The number of nitrogens with zero attached hydrogens (tertiary/aromatic N) is 2. The molecule has 1 aliphatic rings. The lowest BCUT2D eigenvalue weighted by molar-refractivity contribution is -0.140. The SMILES string of the molecule is COC(=O)CCNC(=O)CC1CC(c2ccc(C#N)cc2)=NO1. The number of carbonyl (C=O) groups excluding carboxylic acids is 2. The highest BCUT2D eigenvalue weighted by Gasteiger charge is 2.24. The first-order valence-corrected chi connectivity index (χ1v) is 7.19. The zero-order chi connectivity index (χ0) is 16.7. The minimum absolute atomic E-state index is 0.140. The molecular formula is C16H17N3O4. The predicted molar refractivity (Wildman–Crippen MR) is 81.4 cm³/mol. The number of carbonyl (C=O) groups is 2. The van der Waals surface area contributed by atoms with Crippen molar-refractivity contribution in [1.29, 1.82) is 5.26 Å². The molecule has 7 heteroatoms. The standard InChI is InChI=1S/C16H17N3O4/c1-22-16(21)6-7-18-15(20)9-13-8-14(19-23-13)12-4-2-11(10-17)3-5-12/h2-5,13H,6-9H2,1H3,(H,18,20). The van der Waals surface area contributed by atoms with Crippen molar-refractivity contribution in [2.75, 3.05) is 13.7 Å². The lowest BCUT2D eigenvalue weighted by atomic mass is 10.0. The molecule has 1 atom stereocenters. The Balaban J connectivity index is 1.77. The summed E-state index contributed by atoms with van der Waals surface area (Å²) in [7, 11) is 1.30. The van der Waals surface area contributed by atoms with Crippen molar-refractivity contribution in [3.8, 4) is 6.07 Å². The van der Waals surface area contributed by atoms with Crippen molar-refractivity contribution >= 4 is 17.6 Å². The van der Waals surface area contributed by atoms with Crippen LogP contribution in [0, 0.1) is 11.3 Å². The highest BCUT2D eigenvalue weighted by Crippen LogP contribution is 2.19. The van der Waals surface area contributed by atoms with Crippen LogP contribution in [0.2, 0.25) is 0 Å². The fourth-order valence-corrected chi connectivity index (χ4v) is 2.13. The second kappa shape index (κ2) is 7.94. The fourth-order valence-electron chi connectivity index (χ4n) is 2.13. The number of esters is 1. The molecule has 1 aliphatic heterocycles. The summed E-state index contributed by atoms with van der Waals surface area (Å²) in [5.41, 5.74) is 2.20. The normalized spacial score (nSPS) is 16.0. The van der Waals surface area contributed by atoms with Crippen LogP contribution < -0.4 is 5.32 Å². The first-order valence-electron chi connectivity index (χ1n) is 7.19. The van der Waals surface area contributed by atoms with Crippen LogP contribution in [0.1, 0.15) is 30.4 Å². The third-order valence-corrected chi connectivity index (χ3v) is 3.37. The first kappa shape index (κ1) is 16.5. The van der Waals surface area contributed by atoms with Crippen LogP contribution in [-0.2, 0) is 19.2 Å². The Hall–Kier alpha value is -2.88. The van der Waals surface area contributed by atoms with Crippen molar-refractivity contribution in [3.63, 3.8) is 0 Å². The van der Waals surface area contributed by atoms with E-state index in [1.807, 2.05) is 0 Å². The van der Waals surface area contributed by atoms with Crippen LogP contribution >= 0.6 is 0 Å². The minimum Gasteiger partial charge on any atom is -0.469 e. The molecule has 0 aromatic heterocycles. The summed E-state index contributed by atoms with van der Waals surface area (Å²) in [6.07, 6.45) is 0.514. The topological polar surface area (TPSA) is 101 Å². The molecule has 7 nitrogen and oxygen atoms in total. The molecule has 1 aromatic rings. The van der Waals surface area contributed by atoms with Gasteiger partial charge in [-0.2, -0.15) is 5.26 Å². The molecule has 2 rings (SSSR count). The quantitative estimate of drug-likeness (QED) is 0.793. The number of benzene rings is 1. The van der Waals surface area contributed by atoms with E-state index < -0.39 is 0 Å². The van der Waals surface area contributed by atoms with Gasteiger partial charge in [-0.1, -0.05) is 17.3 Å². The Morgan fingerprint density at radius 3 is 2.83 bits per heavy atom. The highest BCUT2D eigenvalue weighted by molar-refractivity contribution is 6.01. The van der Waals surface area contributed by atoms with Crippen molar-refractivity contribution in [1.82, 2.24) is 5.32 Å². The van der Waals surface area contributed by atoms with Crippen LogP contribution in [-0.4, -0.2) is 37.3 Å². The summed E-state index contributed by atoms with van der Waals surface area (Å²) in [5.74, 6) is -0.566. The molecule has 1 N–H and O–H groups in total. The van der Waals surface area contributed by atoms with Crippen molar-refractivity contribution < 1.29 is 19.2 Å². The maximum Gasteiger partial charge on any atom is 0.307 e. The van der Waals surface area contributed by atoms with E-state index in [1.165, 1.54) is 7.11 Å². The molecule has 1 aromatic carbocycles. The molecule has 0 fully saturated rings. The molecule has 0 spiro atoms. The number of amides is 1. The van der Waals surface area contributed by atoms with Gasteiger partial charge in [0.15, 0.2) is 0 Å². The Morgan fingerprint density at radius 2 is 2.17 bits per heavy atom. The predicted octanol–water partition coefficient (Wildman–Crippen LogP) is 1.12. The number of oxime groups is 1. The van der Waals surface area contributed by atoms with Gasteiger partial charge < -0.3 is 14.9 Å². The van der Waals surface area contributed by atoms with E-state index >= 15 is 0 Å². The lowest BCUT2D eigenvalue weighted by Crippen LogP contribution is -2.29. The maximum atomic E-state index is 11.8. The second-order valence-corrected chi connectivity index (χ2v) is 5.04. The number of ether oxygens (including phenoxy) is 1. The third-order valence-electron chi connectivity index (χ3n) is 3.37. The zero-order valence-electron chi connectivity index (χ0n) is 12.7. The molecule has 23 heavy (non-hydrogen) atoms. The highest BCUT2D eigenvalue weighted by atomic mass is 16.6. The van der Waals surface area contributed by atoms with E-state index in [-0.39, 0.29) is 37.4 Å². The van der Waals surface area contributed by atoms with Crippen LogP contribution in [0.5, 0.6) is 0 Å². The van der Waals surface area contributed by atoms with Crippen LogP contribution in [0.15, 0.2) is 29.4 Å². The van der Waals surface area contributed by atoms with E-state index in [2.05, 4.69) is 21.3 Å². The molecular weight excluding hydrogens is 298 g/mol. The van der Waals surface area contributed by atoms with Gasteiger partial charge in [0.1, 0.15) is 6.10 Å². The molecule has 1 unspecified atom stereocenters. The van der Waals surface area contributed by atoms with Crippen LogP contribution in [0.25, 0.3) is 0 Å². The van der Waals surface area contributed by atoms with Crippen LogP contribution in [0.3, 0.4) is 0 Å². The monoisotopic (exact) mass is 315 g/mol. The van der Waals surface area contributed by atoms with Gasteiger partial charge in [-0.05, 0) is 17.7 Å². The molecule has 0 saturated heterocycles. The average Bonchev–Trinajstić information content (AvgIpc) is 3.03. The van der Waals surface area contributed by atoms with Gasteiger partial charge >= 0.3 is 5.97 Å². The summed E-state index contributed by atoms with van der Waals surface area (Å²) in [6.45, 7) is 0.238. The van der Waals surface area contributed by atoms with Crippen LogP contribution in [0.4, 0.5) is 0 Å². The summed E-state index contributed by atoms with van der Waals surface area (Å²) in [4.78, 5) is 28.0. The molecule has 0 bridgehead atoms. The number of nitriles is 1. The maximum absolute atomic E-state index is 11.8. The average molecular weight is 315 g/mol. The second-order valence-electron chi connectivity index (χ2n) is 5.04. The number of rotatable bonds is 6. The largest absolute Gasteiger partial charge is 0.469 e. The number of methoxy groups -OCH3 is 1. The number of hydrogen-bond acceptors (Lipinski definition) is 6.